The lowest BCUT2D eigenvalue weighted by molar-refractivity contribution is 1.40. The molecule has 0 atom stereocenters. The smallest absolute Gasteiger partial charge is 0.0636 e. The van der Waals surface area contributed by atoms with Crippen molar-refractivity contribution >= 4 is 54.9 Å². The molecular weight excluding hydrogens is 561 g/mol. The van der Waals surface area contributed by atoms with Crippen molar-refractivity contribution in [2.75, 3.05) is 0 Å². The van der Waals surface area contributed by atoms with Gasteiger partial charge in [-0.05, 0) is 112 Å². The molecule has 1 heterocycles. The Morgan fingerprint density at radius 1 is 0.333 bits per heavy atom. The first kappa shape index (κ1) is 10.6. The van der Waals surface area contributed by atoms with Crippen LogP contribution in [0, 0.1) is 0 Å². The second kappa shape index (κ2) is 9.56. The van der Waals surface area contributed by atoms with Crippen molar-refractivity contribution in [1.29, 1.82) is 0 Å². The van der Waals surface area contributed by atoms with Crippen LogP contribution in [0.4, 0.5) is 0 Å². The largest absolute Gasteiger partial charge is 0.0888 e. The summed E-state index contributed by atoms with van der Waals surface area (Å²) < 4.78 is 236. The van der Waals surface area contributed by atoms with Crippen LogP contribution in [-0.2, 0) is 0 Å². The average Bonchev–Trinajstić information content (AvgIpc) is 3.33. The van der Waals surface area contributed by atoms with Crippen molar-refractivity contribution in [3.63, 3.8) is 0 Å². The maximum Gasteiger partial charge on any atom is 0.0636 e. The third-order valence-electron chi connectivity index (χ3n) is 7.57. The summed E-state index contributed by atoms with van der Waals surface area (Å²) in [6.07, 6.45) is 0. The summed E-state index contributed by atoms with van der Waals surface area (Å²) in [5.74, 6) is 0. The topological polar surface area (TPSA) is 0 Å². The lowest BCUT2D eigenvalue weighted by Gasteiger charge is -2.22. The van der Waals surface area contributed by atoms with Crippen LogP contribution in [-0.4, -0.2) is 0 Å². The third-order valence-corrected chi connectivity index (χ3v) is 8.59. The Labute approximate surface area is 302 Å². The van der Waals surface area contributed by atoms with E-state index in [9.17, 15) is 13.7 Å². The van der Waals surface area contributed by atoms with Crippen molar-refractivity contribution in [2.45, 2.75) is 9.79 Å². The van der Waals surface area contributed by atoms with Gasteiger partial charge in [0.1, 0.15) is 0 Å². The third kappa shape index (κ3) is 3.75. The van der Waals surface area contributed by atoms with E-state index in [0.29, 0.717) is 11.8 Å². The van der Waals surface area contributed by atoms with E-state index in [2.05, 4.69) is 0 Å². The lowest BCUT2D eigenvalue weighted by Crippen LogP contribution is -1.94. The van der Waals surface area contributed by atoms with Crippen LogP contribution in [0.25, 0.3) is 87.6 Å². The van der Waals surface area contributed by atoms with E-state index >= 15 is 0 Å². The molecule has 0 aliphatic carbocycles. The van der Waals surface area contributed by atoms with E-state index in [-0.39, 0.29) is 37.1 Å². The quantitative estimate of drug-likeness (QED) is 0.179. The monoisotopic (exact) mass is 612 g/mol. The highest BCUT2D eigenvalue weighted by Gasteiger charge is 2.21. The van der Waals surface area contributed by atoms with Crippen LogP contribution in [0.5, 0.6) is 0 Å². The van der Waals surface area contributed by atoms with Gasteiger partial charge in [0, 0.05) is 15.2 Å². The van der Waals surface area contributed by atoms with Crippen LogP contribution in [0.3, 0.4) is 0 Å². The normalized spacial score (nSPS) is 20.4. The fourth-order valence-electron chi connectivity index (χ4n) is 5.64. The highest BCUT2D eigenvalue weighted by Crippen LogP contribution is 2.50. The van der Waals surface area contributed by atoms with E-state index in [0.717, 1.165) is 0 Å². The molecule has 0 saturated heterocycles. The zero-order valence-corrected chi connectivity index (χ0v) is 23.2. The predicted molar refractivity (Wildman–Crippen MR) is 194 cm³/mol. The summed E-state index contributed by atoms with van der Waals surface area (Å²) >= 11 is 0.612. The molecule has 45 heavy (non-hydrogen) atoms. The van der Waals surface area contributed by atoms with Gasteiger partial charge < -0.3 is 0 Å². The lowest BCUT2D eigenvalue weighted by atomic mass is 9.86. The van der Waals surface area contributed by atoms with Crippen molar-refractivity contribution in [3.05, 3.63) is 157 Å². The summed E-state index contributed by atoms with van der Waals surface area (Å²) in [6, 6.07) is -21.7. The van der Waals surface area contributed by atoms with Crippen LogP contribution in [0.1, 0.15) is 35.6 Å². The number of fused-ring (bicyclic) bond motifs is 2. The zero-order valence-electron chi connectivity index (χ0n) is 48.4. The Kier molecular flexibility index (Phi) is 2.26. The van der Waals surface area contributed by atoms with E-state index in [1.165, 1.54) is 0 Å². The fourth-order valence-corrected chi connectivity index (χ4v) is 6.61. The number of rotatable bonds is 3. The fraction of sp³-hybridized carbons (Fsp3) is 0. The van der Waals surface area contributed by atoms with Crippen LogP contribution < -0.4 is 0 Å². The van der Waals surface area contributed by atoms with Gasteiger partial charge in [-0.1, -0.05) is 139 Å². The van der Waals surface area contributed by atoms with Crippen molar-refractivity contribution in [2.24, 2.45) is 0 Å². The molecule has 0 fully saturated rings. The van der Waals surface area contributed by atoms with Gasteiger partial charge in [0.25, 0.3) is 0 Å². The molecule has 1 heteroatoms. The molecule has 0 radical (unpaired) electrons. The van der Waals surface area contributed by atoms with Crippen molar-refractivity contribution < 1.29 is 35.6 Å². The minimum atomic E-state index is -1.04. The molecule has 9 aromatic rings. The highest BCUT2D eigenvalue weighted by molar-refractivity contribution is 7.99. The molecule has 0 N–H and O–H groups in total. The van der Waals surface area contributed by atoms with Gasteiger partial charge in [0.05, 0.1) is 35.6 Å². The highest BCUT2D eigenvalue weighted by atomic mass is 32.2. The van der Waals surface area contributed by atoms with Gasteiger partial charge in [-0.25, -0.2) is 0 Å². The molecular formula is C44H26S. The van der Waals surface area contributed by atoms with E-state index in [1.54, 1.807) is 0 Å². The van der Waals surface area contributed by atoms with Gasteiger partial charge in [-0.2, -0.15) is 0 Å². The molecule has 0 amide bonds. The van der Waals surface area contributed by atoms with Crippen LogP contribution in [0.2, 0.25) is 0 Å². The Balaban J connectivity index is 1.51. The van der Waals surface area contributed by atoms with Gasteiger partial charge in [0.2, 0.25) is 0 Å². The van der Waals surface area contributed by atoms with Gasteiger partial charge >= 0.3 is 0 Å². The molecule has 0 aromatic heterocycles. The number of hydrogen-bond donors (Lipinski definition) is 0. The maximum atomic E-state index is 10.1. The minimum Gasteiger partial charge on any atom is -0.0888 e. The second-order valence-corrected chi connectivity index (χ2v) is 11.0. The van der Waals surface area contributed by atoms with Crippen molar-refractivity contribution in [3.8, 4) is 44.5 Å². The Morgan fingerprint density at radius 3 is 1.76 bits per heavy atom. The summed E-state index contributed by atoms with van der Waals surface area (Å²) in [7, 11) is 0. The summed E-state index contributed by atoms with van der Waals surface area (Å²) in [6.45, 7) is 0. The zero-order chi connectivity index (χ0) is 52.1. The standard InChI is InChI=1S/C44H26S/c1-2-8-27(9-3-1)31-24-32(34-20-18-30-17-16-28-10-6-11-29-19-21-39(34)43(30)42(28)29)26-33(25-31)35-22-23-41-44-37(35)13-7-14-38(44)36-12-4-5-15-40(36)45-41/h1-26H/i1D,2D,3D,4D,5D,6D,7D,8D,9D,10D,11D,12D,13D,14D,15D,16D,17D,18D,19D,20D,21D,22D,23D,24D,25D,26D. The molecule has 1 aliphatic heterocycles. The Morgan fingerprint density at radius 2 is 0.933 bits per heavy atom. The molecule has 9 aromatic carbocycles. The summed E-state index contributed by atoms with van der Waals surface area (Å²) in [5.41, 5.74) is -5.49. The maximum absolute atomic E-state index is 10.1. The molecule has 0 nitrogen and oxygen atoms in total. The second-order valence-electron chi connectivity index (χ2n) is 10.0. The summed E-state index contributed by atoms with van der Waals surface area (Å²) in [5, 5.41) is -3.38. The van der Waals surface area contributed by atoms with E-state index in [4.69, 9.17) is 21.9 Å². The van der Waals surface area contributed by atoms with E-state index in [1.807, 2.05) is 0 Å². The molecule has 0 spiro atoms. The Bertz CT molecular complexity index is 4030. The molecule has 0 unspecified atom stereocenters. The number of hydrogen-bond acceptors (Lipinski definition) is 1. The first-order valence-electron chi connectivity index (χ1n) is 26.4. The SMILES string of the molecule is [2H]c1c([2H])c([2H])c(-c2c([2H])c(-c3c([2H])c([2H])c4c5c(c([2H])c([2H])c([2H])c35)-c3c([2H])c([2H])c([2H])c([2H])c3S4)c([2H])c(-c3c([2H])c([2H])c4c([2H])c([2H])c5c([2H])c([2H])c([2H])c6c([2H])c([2H])c3c4c56)c2[2H])c([2H])c1[2H]. The first-order chi connectivity index (χ1) is 33.2. The summed E-state index contributed by atoms with van der Waals surface area (Å²) in [4.78, 5) is -0.392. The minimum absolute atomic E-state index is 0.173. The van der Waals surface area contributed by atoms with E-state index < -0.39 is 217 Å². The van der Waals surface area contributed by atoms with Gasteiger partial charge in [-0.15, -0.1) is 0 Å². The van der Waals surface area contributed by atoms with Crippen LogP contribution >= 0.6 is 11.8 Å². The van der Waals surface area contributed by atoms with Gasteiger partial charge in [0.15, 0.2) is 0 Å². The van der Waals surface area contributed by atoms with Gasteiger partial charge in [-0.3, -0.25) is 0 Å². The average molecular weight is 613 g/mol. The molecule has 0 saturated carbocycles. The van der Waals surface area contributed by atoms with Crippen molar-refractivity contribution in [1.82, 2.24) is 0 Å². The molecule has 208 valence electrons. The first-order valence-corrected chi connectivity index (χ1v) is 14.2. The molecule has 0 bridgehead atoms. The Hall–Kier alpha value is -5.37. The van der Waals surface area contributed by atoms with Crippen LogP contribution in [0.15, 0.2) is 167 Å². The predicted octanol–water partition coefficient (Wildman–Crippen LogP) is 12.9. The molecule has 10 rings (SSSR count). The number of benzene rings is 9. The molecule has 1 aliphatic rings.